The molecule has 0 saturated carbocycles. The molecule has 0 fully saturated rings. The second-order valence-corrected chi connectivity index (χ2v) is 5.20. The Morgan fingerprint density at radius 1 is 1.08 bits per heavy atom. The number of carboxylic acids is 1. The lowest BCUT2D eigenvalue weighted by Crippen LogP contribution is -2.45. The van der Waals surface area contributed by atoms with Crippen LogP contribution < -0.4 is 0 Å². The zero-order valence-electron chi connectivity index (χ0n) is 12.6. The van der Waals surface area contributed by atoms with E-state index in [0.29, 0.717) is 16.1 Å². The molecule has 2 rings (SSSR count). The average molecular weight is 332 g/mol. The van der Waals surface area contributed by atoms with Gasteiger partial charge in [0.15, 0.2) is 22.6 Å². The summed E-state index contributed by atoms with van der Waals surface area (Å²) >= 11 is 0. The maximum absolute atomic E-state index is 11.5. The lowest BCUT2D eigenvalue weighted by atomic mass is 10.0. The molecule has 0 aliphatic heterocycles. The van der Waals surface area contributed by atoms with Gasteiger partial charge in [-0.3, -0.25) is 0 Å². The molecule has 0 heterocycles. The fourth-order valence-electron chi connectivity index (χ4n) is 2.29. The summed E-state index contributed by atoms with van der Waals surface area (Å²) in [7, 11) is 0. The Bertz CT molecular complexity index is 735. The third-order valence-corrected chi connectivity index (χ3v) is 3.51. The topological polar surface area (TPSA) is 124 Å². The van der Waals surface area contributed by atoms with Crippen molar-refractivity contribution in [2.75, 3.05) is 0 Å². The van der Waals surface area contributed by atoms with Crippen LogP contribution in [0.2, 0.25) is 0 Å². The summed E-state index contributed by atoms with van der Waals surface area (Å²) in [4.78, 5) is 22.9. The monoisotopic (exact) mass is 332 g/mol. The summed E-state index contributed by atoms with van der Waals surface area (Å²) in [5.41, 5.74) is 0.964. The minimum Gasteiger partial charge on any atom is -0.504 e. The van der Waals surface area contributed by atoms with Crippen molar-refractivity contribution in [3.63, 3.8) is 0 Å². The zero-order chi connectivity index (χ0) is 17.7. The summed E-state index contributed by atoms with van der Waals surface area (Å²) in [6, 6.07) is 10.9. The first-order valence-corrected chi connectivity index (χ1v) is 7.07. The van der Waals surface area contributed by atoms with Crippen molar-refractivity contribution in [1.29, 1.82) is 0 Å². The number of hydrogen-bond donors (Lipinski definition) is 3. The van der Waals surface area contributed by atoms with Gasteiger partial charge in [-0.15, -0.1) is 5.01 Å². The molecule has 2 aromatic rings. The second-order valence-electron chi connectivity index (χ2n) is 5.20. The predicted molar refractivity (Wildman–Crippen MR) is 83.9 cm³/mol. The van der Waals surface area contributed by atoms with Crippen molar-refractivity contribution < 1.29 is 25.1 Å². The van der Waals surface area contributed by atoms with Gasteiger partial charge in [-0.2, -0.15) is 0 Å². The number of hydrogen-bond acceptors (Lipinski definition) is 5. The first-order valence-electron chi connectivity index (χ1n) is 7.07. The van der Waals surface area contributed by atoms with Crippen molar-refractivity contribution in [3.05, 3.63) is 69.8 Å². The fraction of sp³-hybridized carbons (Fsp3) is 0.188. The normalized spacial score (nSPS) is 11.7. The van der Waals surface area contributed by atoms with E-state index in [0.717, 1.165) is 0 Å². The molecule has 0 aromatic heterocycles. The second kappa shape index (κ2) is 7.32. The molecule has 0 radical (unpaired) electrons. The molecular weight excluding hydrogens is 316 g/mol. The summed E-state index contributed by atoms with van der Waals surface area (Å²) in [5, 5.41) is 39.4. The Balaban J connectivity index is 2.26. The van der Waals surface area contributed by atoms with Crippen LogP contribution in [0.3, 0.4) is 0 Å². The number of nitro groups is 1. The van der Waals surface area contributed by atoms with Crippen LogP contribution in [0, 0.1) is 10.1 Å². The highest BCUT2D eigenvalue weighted by Gasteiger charge is 2.33. The summed E-state index contributed by atoms with van der Waals surface area (Å²) < 4.78 is 0. The molecule has 1 atom stereocenters. The highest BCUT2D eigenvalue weighted by Crippen LogP contribution is 2.26. The van der Waals surface area contributed by atoms with Crippen molar-refractivity contribution in [2.45, 2.75) is 19.0 Å². The molecule has 126 valence electrons. The third kappa shape index (κ3) is 4.13. The Kier molecular flexibility index (Phi) is 5.20. The van der Waals surface area contributed by atoms with Gasteiger partial charge in [0.25, 0.3) is 0 Å². The Hall–Kier alpha value is -3.29. The van der Waals surface area contributed by atoms with E-state index in [1.807, 2.05) is 0 Å². The van der Waals surface area contributed by atoms with Crippen LogP contribution in [0.5, 0.6) is 11.5 Å². The minimum atomic E-state index is -1.43. The summed E-state index contributed by atoms with van der Waals surface area (Å²) in [5.74, 6) is -2.11. The summed E-state index contributed by atoms with van der Waals surface area (Å²) in [6.07, 6.45) is -0.197. The number of benzene rings is 2. The van der Waals surface area contributed by atoms with Crippen molar-refractivity contribution in [2.24, 2.45) is 0 Å². The molecule has 0 bridgehead atoms. The number of hydrazine groups is 1. The zero-order valence-corrected chi connectivity index (χ0v) is 12.6. The number of phenols is 2. The molecule has 0 unspecified atom stereocenters. The highest BCUT2D eigenvalue weighted by atomic mass is 16.7. The van der Waals surface area contributed by atoms with E-state index < -0.39 is 22.8 Å². The van der Waals surface area contributed by atoms with Gasteiger partial charge in [0.05, 0.1) is 0 Å². The smallest absolute Gasteiger partial charge is 0.332 e. The molecule has 3 N–H and O–H groups in total. The number of carbonyl (C=O) groups is 1. The van der Waals surface area contributed by atoms with Crippen LogP contribution in [0.1, 0.15) is 11.1 Å². The van der Waals surface area contributed by atoms with Crippen LogP contribution >= 0.6 is 0 Å². The number of carboxylic acid groups (broad SMARTS) is 1. The minimum absolute atomic E-state index is 0.172. The predicted octanol–water partition coefficient (Wildman–Crippen LogP) is 1.79. The van der Waals surface area contributed by atoms with E-state index in [9.17, 15) is 30.2 Å². The first-order chi connectivity index (χ1) is 11.4. The largest absolute Gasteiger partial charge is 0.504 e. The van der Waals surface area contributed by atoms with Gasteiger partial charge in [-0.1, -0.05) is 36.4 Å². The van der Waals surface area contributed by atoms with Crippen LogP contribution in [0.15, 0.2) is 48.5 Å². The number of rotatable bonds is 7. The Labute approximate surface area is 137 Å². The van der Waals surface area contributed by atoms with Crippen LogP contribution in [-0.2, 0) is 17.8 Å². The fourth-order valence-corrected chi connectivity index (χ4v) is 2.29. The number of nitrogens with zero attached hydrogens (tertiary/aromatic N) is 2. The van der Waals surface area contributed by atoms with E-state index in [2.05, 4.69) is 0 Å². The van der Waals surface area contributed by atoms with Crippen LogP contribution in [0.25, 0.3) is 0 Å². The van der Waals surface area contributed by atoms with E-state index in [-0.39, 0.29) is 18.7 Å². The van der Waals surface area contributed by atoms with E-state index >= 15 is 0 Å². The molecule has 8 heteroatoms. The van der Waals surface area contributed by atoms with Gasteiger partial charge in [0, 0.05) is 6.42 Å². The van der Waals surface area contributed by atoms with Gasteiger partial charge >= 0.3 is 5.97 Å². The van der Waals surface area contributed by atoms with Gasteiger partial charge in [0.1, 0.15) is 6.54 Å². The number of aromatic hydroxyl groups is 2. The van der Waals surface area contributed by atoms with E-state index in [1.165, 1.54) is 18.2 Å². The van der Waals surface area contributed by atoms with E-state index in [4.69, 9.17) is 0 Å². The molecule has 0 amide bonds. The van der Waals surface area contributed by atoms with E-state index in [1.54, 1.807) is 30.3 Å². The maximum atomic E-state index is 11.5. The highest BCUT2D eigenvalue weighted by molar-refractivity contribution is 5.73. The van der Waals surface area contributed by atoms with Gasteiger partial charge in [-0.05, 0) is 23.3 Å². The van der Waals surface area contributed by atoms with Crippen LogP contribution in [0.4, 0.5) is 0 Å². The quantitative estimate of drug-likeness (QED) is 0.401. The van der Waals surface area contributed by atoms with Gasteiger partial charge < -0.3 is 15.3 Å². The molecule has 0 spiro atoms. The van der Waals surface area contributed by atoms with Gasteiger partial charge in [0.2, 0.25) is 0 Å². The standard InChI is InChI=1S/C16H16N2O6/c19-14-7-6-12(9-15(14)20)8-13(16(21)22)17(18(23)24)10-11-4-2-1-3-5-11/h1-7,9,13,19-20H,8,10H2,(H,21,22)/t13-/m0/s1. The number of aliphatic carboxylic acids is 1. The third-order valence-electron chi connectivity index (χ3n) is 3.51. The van der Waals surface area contributed by atoms with Crippen LogP contribution in [-0.4, -0.2) is 37.4 Å². The molecule has 0 saturated heterocycles. The van der Waals surface area contributed by atoms with Crippen molar-refractivity contribution in [3.8, 4) is 11.5 Å². The molecule has 8 nitrogen and oxygen atoms in total. The van der Waals surface area contributed by atoms with Crippen molar-refractivity contribution >= 4 is 5.97 Å². The first kappa shape index (κ1) is 17.1. The molecule has 0 aliphatic rings. The molecule has 2 aromatic carbocycles. The Morgan fingerprint density at radius 3 is 2.29 bits per heavy atom. The van der Waals surface area contributed by atoms with Gasteiger partial charge in [-0.25, -0.2) is 14.9 Å². The average Bonchev–Trinajstić information content (AvgIpc) is 2.54. The SMILES string of the molecule is O=C(O)[C@H](Cc1ccc(O)c(O)c1)N(Cc1ccccc1)[N+](=O)[O-]. The molecule has 24 heavy (non-hydrogen) atoms. The number of phenolic OH excluding ortho intramolecular Hbond substituents is 2. The molecule has 0 aliphatic carbocycles. The maximum Gasteiger partial charge on any atom is 0.332 e. The van der Waals surface area contributed by atoms with Crippen molar-refractivity contribution in [1.82, 2.24) is 5.01 Å². The lowest BCUT2D eigenvalue weighted by Gasteiger charge is -2.21. The molecular formula is C16H16N2O6. The summed E-state index contributed by atoms with van der Waals surface area (Å²) in [6.45, 7) is -0.172. The lowest BCUT2D eigenvalue weighted by molar-refractivity contribution is -0.665. The Morgan fingerprint density at radius 2 is 1.75 bits per heavy atom.